The Hall–Kier alpha value is -3.53. The maximum atomic E-state index is 13.9. The first-order chi connectivity index (χ1) is 18.7. The fourth-order valence-electron chi connectivity index (χ4n) is 4.83. The Labute approximate surface area is 232 Å². The average Bonchev–Trinajstić information content (AvgIpc) is 3.81. The van der Waals surface area contributed by atoms with E-state index in [0.717, 1.165) is 59.5 Å². The first-order valence-electron chi connectivity index (χ1n) is 13.4. The second-order valence-electron chi connectivity index (χ2n) is 10.8. The van der Waals surface area contributed by atoms with Gasteiger partial charge in [0.15, 0.2) is 11.7 Å². The smallest absolute Gasteiger partial charge is 0.295 e. The monoisotopic (exact) mass is 545 g/mol. The molecule has 0 spiro atoms. The van der Waals surface area contributed by atoms with Gasteiger partial charge in [-0.15, -0.1) is 0 Å². The number of aryl methyl sites for hydroxylation is 1. The van der Waals surface area contributed by atoms with E-state index in [9.17, 15) is 9.00 Å². The summed E-state index contributed by atoms with van der Waals surface area (Å²) >= 11 is 0. The Morgan fingerprint density at radius 1 is 1.21 bits per heavy atom. The zero-order chi connectivity index (χ0) is 27.8. The highest BCUT2D eigenvalue weighted by Crippen LogP contribution is 2.43. The van der Waals surface area contributed by atoms with Crippen LogP contribution in [0, 0.1) is 12.8 Å². The summed E-state index contributed by atoms with van der Waals surface area (Å²) < 4.78 is 11.7. The summed E-state index contributed by atoms with van der Waals surface area (Å²) in [6.07, 6.45) is 9.22. The zero-order valence-electron chi connectivity index (χ0n) is 23.2. The summed E-state index contributed by atoms with van der Waals surface area (Å²) in [5.41, 5.74) is 5.81. The van der Waals surface area contributed by atoms with Crippen molar-refractivity contribution >= 4 is 34.1 Å². The molecule has 5 rings (SSSR count). The number of hydrogen-bond donors (Lipinski definition) is 1. The van der Waals surface area contributed by atoms with Crippen LogP contribution in [-0.2, 0) is 22.1 Å². The minimum atomic E-state index is -1.15. The number of nitrogens with zero attached hydrogens (tertiary/aromatic N) is 6. The molecule has 0 radical (unpaired) electrons. The molecule has 2 aliphatic carbocycles. The molecule has 3 aliphatic rings. The molecule has 2 atom stereocenters. The van der Waals surface area contributed by atoms with Crippen molar-refractivity contribution in [2.24, 2.45) is 15.9 Å². The molecule has 2 unspecified atom stereocenters. The molecule has 2 aromatic heterocycles. The number of pyridine rings is 1. The number of aliphatic imine (C=N–C) groups is 2. The summed E-state index contributed by atoms with van der Waals surface area (Å²) in [5.74, 6) is 1.44. The molecule has 2 aromatic rings. The van der Waals surface area contributed by atoms with Crippen LogP contribution >= 0.6 is 0 Å². The first-order valence-corrected chi connectivity index (χ1v) is 14.9. The van der Waals surface area contributed by atoms with E-state index < -0.39 is 10.8 Å². The van der Waals surface area contributed by atoms with Gasteiger partial charge in [-0.05, 0) is 76.5 Å². The molecule has 1 amide bonds. The number of piperazine rings is 1. The van der Waals surface area contributed by atoms with Gasteiger partial charge in [0.25, 0.3) is 5.91 Å². The van der Waals surface area contributed by atoms with Gasteiger partial charge < -0.3 is 5.32 Å². The van der Waals surface area contributed by atoms with Gasteiger partial charge >= 0.3 is 0 Å². The van der Waals surface area contributed by atoms with Crippen LogP contribution in [0.25, 0.3) is 5.70 Å². The van der Waals surface area contributed by atoms with Crippen LogP contribution in [0.1, 0.15) is 74.9 Å². The number of carbonyl (C=O) groups is 1. The molecular weight excluding hydrogens is 510 g/mol. The van der Waals surface area contributed by atoms with Gasteiger partial charge in [0.1, 0.15) is 11.4 Å². The molecule has 204 valence electrons. The van der Waals surface area contributed by atoms with E-state index in [-0.39, 0.29) is 24.3 Å². The number of allylic oxidation sites excluding steroid dienone is 1. The van der Waals surface area contributed by atoms with Crippen LogP contribution in [0.3, 0.4) is 0 Å². The van der Waals surface area contributed by atoms with Crippen molar-refractivity contribution in [3.05, 3.63) is 65.0 Å². The van der Waals surface area contributed by atoms with E-state index in [0.29, 0.717) is 28.4 Å². The molecule has 3 fully saturated rings. The minimum Gasteiger partial charge on any atom is -0.333 e. The van der Waals surface area contributed by atoms with Crippen molar-refractivity contribution in [3.63, 3.8) is 0 Å². The summed E-state index contributed by atoms with van der Waals surface area (Å²) in [5, 5.41) is 3.80. The van der Waals surface area contributed by atoms with Gasteiger partial charge in [-0.2, -0.15) is 0 Å². The molecule has 3 heterocycles. The highest BCUT2D eigenvalue weighted by molar-refractivity contribution is 7.84. The van der Waals surface area contributed by atoms with Crippen LogP contribution in [-0.4, -0.2) is 53.9 Å². The number of amides is 1. The van der Waals surface area contributed by atoms with Crippen LogP contribution in [0.5, 0.6) is 0 Å². The Morgan fingerprint density at radius 2 is 1.95 bits per heavy atom. The second kappa shape index (κ2) is 10.9. The maximum Gasteiger partial charge on any atom is 0.295 e. The SMILES string of the molecule is C=C(N=C1C(=C(C)C)NC(=NCc2ccc(S(C)=O)nc2)C(=O)N1C(C)C1CC1)c1c(C)ncnc1C1CC1. The highest BCUT2D eigenvalue weighted by Gasteiger charge is 2.42. The summed E-state index contributed by atoms with van der Waals surface area (Å²) in [6, 6.07) is 3.53. The van der Waals surface area contributed by atoms with E-state index in [1.54, 1.807) is 29.7 Å². The molecule has 1 N–H and O–H groups in total. The summed E-state index contributed by atoms with van der Waals surface area (Å²) in [4.78, 5) is 38.6. The van der Waals surface area contributed by atoms with Crippen molar-refractivity contribution in [3.8, 4) is 0 Å². The molecule has 10 heteroatoms. The topological polar surface area (TPSA) is 113 Å². The van der Waals surface area contributed by atoms with Gasteiger partial charge in [0.2, 0.25) is 0 Å². The fraction of sp³-hybridized carbons (Fsp3) is 0.448. The van der Waals surface area contributed by atoms with E-state index >= 15 is 0 Å². The largest absolute Gasteiger partial charge is 0.333 e. The first kappa shape index (κ1) is 27.1. The molecule has 0 bridgehead atoms. The lowest BCUT2D eigenvalue weighted by Gasteiger charge is -2.37. The third-order valence-corrected chi connectivity index (χ3v) is 8.23. The number of carbonyl (C=O) groups excluding carboxylic acids is 1. The number of hydrogen-bond acceptors (Lipinski definition) is 7. The lowest BCUT2D eigenvalue weighted by molar-refractivity contribution is -0.122. The van der Waals surface area contributed by atoms with Gasteiger partial charge in [-0.25, -0.2) is 19.9 Å². The molecular formula is C29H35N7O2S. The third-order valence-electron chi connectivity index (χ3n) is 7.40. The van der Waals surface area contributed by atoms with Crippen LogP contribution < -0.4 is 5.32 Å². The Bertz CT molecular complexity index is 1430. The number of aromatic nitrogens is 3. The Kier molecular flexibility index (Phi) is 7.57. The van der Waals surface area contributed by atoms with E-state index in [2.05, 4.69) is 38.8 Å². The predicted octanol–water partition coefficient (Wildman–Crippen LogP) is 4.29. The van der Waals surface area contributed by atoms with Crippen LogP contribution in [0.2, 0.25) is 0 Å². The Balaban J connectivity index is 1.52. The normalized spacial score (nSPS) is 21.2. The Morgan fingerprint density at radius 3 is 2.54 bits per heavy atom. The van der Waals surface area contributed by atoms with Crippen LogP contribution in [0.15, 0.2) is 57.5 Å². The maximum absolute atomic E-state index is 13.9. The van der Waals surface area contributed by atoms with E-state index in [1.807, 2.05) is 26.8 Å². The van der Waals surface area contributed by atoms with Crippen molar-refractivity contribution in [1.29, 1.82) is 0 Å². The molecule has 2 saturated carbocycles. The van der Waals surface area contributed by atoms with Crippen molar-refractivity contribution in [2.45, 2.75) is 76.9 Å². The molecule has 39 heavy (non-hydrogen) atoms. The lowest BCUT2D eigenvalue weighted by Crippen LogP contribution is -2.58. The van der Waals surface area contributed by atoms with E-state index in [1.165, 1.54) is 0 Å². The van der Waals surface area contributed by atoms with Gasteiger partial charge in [-0.1, -0.05) is 12.6 Å². The number of rotatable bonds is 8. The molecule has 1 aliphatic heterocycles. The predicted molar refractivity (Wildman–Crippen MR) is 153 cm³/mol. The average molecular weight is 546 g/mol. The van der Waals surface area contributed by atoms with Gasteiger partial charge in [0, 0.05) is 30.0 Å². The summed E-state index contributed by atoms with van der Waals surface area (Å²) in [7, 11) is -1.15. The van der Waals surface area contributed by atoms with Crippen molar-refractivity contribution < 1.29 is 9.00 Å². The van der Waals surface area contributed by atoms with Crippen molar-refractivity contribution in [2.75, 3.05) is 6.26 Å². The third kappa shape index (κ3) is 5.75. The molecule has 9 nitrogen and oxygen atoms in total. The minimum absolute atomic E-state index is 0.0396. The van der Waals surface area contributed by atoms with Crippen molar-refractivity contribution in [1.82, 2.24) is 25.2 Å². The molecule has 1 saturated heterocycles. The summed E-state index contributed by atoms with van der Waals surface area (Å²) in [6.45, 7) is 12.6. The highest BCUT2D eigenvalue weighted by atomic mass is 32.2. The van der Waals surface area contributed by atoms with Gasteiger partial charge in [-0.3, -0.25) is 18.9 Å². The van der Waals surface area contributed by atoms with E-state index in [4.69, 9.17) is 4.99 Å². The van der Waals surface area contributed by atoms with Crippen LogP contribution in [0.4, 0.5) is 0 Å². The molecule has 0 aromatic carbocycles. The standard InChI is InChI=1S/C29H35N7O2S/c1-16(2)25-28(34-18(4)24-17(3)32-15-33-26(24)22-10-11-22)36(19(5)21-8-9-21)29(37)27(35-25)31-14-20-7-12-23(30-13-20)39(6)38/h7,12-13,15,19,21-22H,4,8-11,14H2,1-3,5-6H3,(H,31,35). The fourth-order valence-corrected chi connectivity index (χ4v) is 5.30. The second-order valence-corrected chi connectivity index (χ2v) is 12.1. The lowest BCUT2D eigenvalue weighted by atomic mass is 10.0. The number of amidine groups is 2. The zero-order valence-corrected chi connectivity index (χ0v) is 24.0. The van der Waals surface area contributed by atoms with Gasteiger partial charge in [0.05, 0.1) is 40.1 Å². The number of nitrogens with one attached hydrogen (secondary N) is 1. The quantitative estimate of drug-likeness (QED) is 0.530.